The van der Waals surface area contributed by atoms with Crippen molar-refractivity contribution in [2.45, 2.75) is 38.3 Å². The van der Waals surface area contributed by atoms with Gasteiger partial charge in [-0.1, -0.05) is 0 Å². The number of carbonyl (C=O) groups is 1. The summed E-state index contributed by atoms with van der Waals surface area (Å²) in [6, 6.07) is 0.0347. The molecule has 0 bridgehead atoms. The zero-order valence-electron chi connectivity index (χ0n) is 7.94. The number of hydrogen-bond donors (Lipinski definition) is 2. The first-order valence-corrected chi connectivity index (χ1v) is 4.73. The molecule has 0 spiro atoms. The summed E-state index contributed by atoms with van der Waals surface area (Å²) in [5, 5.41) is 18.0. The van der Waals surface area contributed by atoms with Crippen LogP contribution in [0.5, 0.6) is 0 Å². The van der Waals surface area contributed by atoms with Crippen molar-refractivity contribution in [3.63, 3.8) is 0 Å². The van der Waals surface area contributed by atoms with Gasteiger partial charge in [0, 0.05) is 12.6 Å². The number of piperidine rings is 1. The monoisotopic (exact) mass is 187 g/mol. The Morgan fingerprint density at radius 3 is 2.92 bits per heavy atom. The molecule has 0 aliphatic carbocycles. The van der Waals surface area contributed by atoms with Gasteiger partial charge in [0.05, 0.1) is 12.5 Å². The van der Waals surface area contributed by atoms with Crippen molar-refractivity contribution in [2.24, 2.45) is 0 Å². The van der Waals surface area contributed by atoms with Crippen molar-refractivity contribution < 1.29 is 15.0 Å². The lowest BCUT2D eigenvalue weighted by molar-refractivity contribution is -0.138. The van der Waals surface area contributed by atoms with E-state index in [1.807, 2.05) is 11.8 Å². The van der Waals surface area contributed by atoms with Gasteiger partial charge in [-0.25, -0.2) is 0 Å². The van der Waals surface area contributed by atoms with Crippen molar-refractivity contribution in [2.75, 3.05) is 13.1 Å². The lowest BCUT2D eigenvalue weighted by atomic mass is 10.1. The molecule has 1 saturated heterocycles. The third-order valence-electron chi connectivity index (χ3n) is 2.52. The lowest BCUT2D eigenvalue weighted by Crippen LogP contribution is -2.44. The maximum atomic E-state index is 10.4. The SMILES string of the molecule is CC(CC(=O)O)N1CCC[C@H](O)C1. The summed E-state index contributed by atoms with van der Waals surface area (Å²) < 4.78 is 0. The molecule has 13 heavy (non-hydrogen) atoms. The van der Waals surface area contributed by atoms with Crippen LogP contribution in [0.2, 0.25) is 0 Å². The second-order valence-corrected chi connectivity index (χ2v) is 3.74. The molecule has 0 aromatic heterocycles. The van der Waals surface area contributed by atoms with E-state index in [-0.39, 0.29) is 18.6 Å². The van der Waals surface area contributed by atoms with E-state index in [0.717, 1.165) is 19.4 Å². The summed E-state index contributed by atoms with van der Waals surface area (Å²) in [6.45, 7) is 3.42. The molecule has 0 radical (unpaired) electrons. The number of β-amino-alcohol motifs (C(OH)–C–C–N with tert-alkyl or cyclic N) is 1. The Hall–Kier alpha value is -0.610. The number of nitrogens with zero attached hydrogens (tertiary/aromatic N) is 1. The number of aliphatic carboxylic acids is 1. The number of aliphatic hydroxyl groups excluding tert-OH is 1. The minimum absolute atomic E-state index is 0.0347. The highest BCUT2D eigenvalue weighted by Gasteiger charge is 2.23. The van der Waals surface area contributed by atoms with Gasteiger partial charge in [-0.3, -0.25) is 9.69 Å². The Bertz CT molecular complexity index is 184. The van der Waals surface area contributed by atoms with E-state index in [4.69, 9.17) is 5.11 Å². The molecule has 1 rings (SSSR count). The van der Waals surface area contributed by atoms with Crippen LogP contribution in [-0.4, -0.2) is 46.3 Å². The van der Waals surface area contributed by atoms with E-state index in [9.17, 15) is 9.90 Å². The Morgan fingerprint density at radius 1 is 1.69 bits per heavy atom. The number of hydrogen-bond acceptors (Lipinski definition) is 3. The number of carboxylic acid groups (broad SMARTS) is 1. The molecule has 2 atom stereocenters. The highest BCUT2D eigenvalue weighted by Crippen LogP contribution is 2.14. The Balaban J connectivity index is 2.36. The van der Waals surface area contributed by atoms with Gasteiger partial charge in [0.25, 0.3) is 0 Å². The molecule has 1 aliphatic rings. The van der Waals surface area contributed by atoms with Crippen LogP contribution in [0.15, 0.2) is 0 Å². The van der Waals surface area contributed by atoms with Crippen LogP contribution in [0.25, 0.3) is 0 Å². The highest BCUT2D eigenvalue weighted by molar-refractivity contribution is 5.67. The fourth-order valence-electron chi connectivity index (χ4n) is 1.77. The van der Waals surface area contributed by atoms with E-state index < -0.39 is 5.97 Å². The van der Waals surface area contributed by atoms with Gasteiger partial charge in [-0.2, -0.15) is 0 Å². The molecule has 0 amide bonds. The molecular formula is C9H17NO3. The molecule has 0 aromatic rings. The van der Waals surface area contributed by atoms with Crippen LogP contribution >= 0.6 is 0 Å². The van der Waals surface area contributed by atoms with Crippen molar-refractivity contribution >= 4 is 5.97 Å². The molecule has 0 saturated carbocycles. The second-order valence-electron chi connectivity index (χ2n) is 3.74. The predicted molar refractivity (Wildman–Crippen MR) is 48.5 cm³/mol. The van der Waals surface area contributed by atoms with Gasteiger partial charge < -0.3 is 10.2 Å². The number of carboxylic acids is 1. The average molecular weight is 187 g/mol. The van der Waals surface area contributed by atoms with Crippen LogP contribution in [0.3, 0.4) is 0 Å². The van der Waals surface area contributed by atoms with Crippen LogP contribution in [0.1, 0.15) is 26.2 Å². The molecule has 1 fully saturated rings. The number of rotatable bonds is 3. The first-order chi connectivity index (χ1) is 6.09. The zero-order chi connectivity index (χ0) is 9.84. The first kappa shape index (κ1) is 10.5. The van der Waals surface area contributed by atoms with Crippen LogP contribution in [0.4, 0.5) is 0 Å². The van der Waals surface area contributed by atoms with Gasteiger partial charge >= 0.3 is 5.97 Å². The average Bonchev–Trinajstić information content (AvgIpc) is 2.03. The summed E-state index contributed by atoms with van der Waals surface area (Å²) >= 11 is 0. The van der Waals surface area contributed by atoms with Gasteiger partial charge in [-0.15, -0.1) is 0 Å². The Labute approximate surface area is 78.2 Å². The molecule has 1 heterocycles. The minimum atomic E-state index is -0.771. The van der Waals surface area contributed by atoms with E-state index in [1.165, 1.54) is 0 Å². The quantitative estimate of drug-likeness (QED) is 0.667. The molecular weight excluding hydrogens is 170 g/mol. The summed E-state index contributed by atoms with van der Waals surface area (Å²) in [7, 11) is 0. The largest absolute Gasteiger partial charge is 0.481 e. The van der Waals surface area contributed by atoms with Crippen molar-refractivity contribution in [1.29, 1.82) is 0 Å². The van der Waals surface area contributed by atoms with Crippen molar-refractivity contribution in [3.05, 3.63) is 0 Å². The highest BCUT2D eigenvalue weighted by atomic mass is 16.4. The number of aliphatic hydroxyl groups is 1. The Kier molecular flexibility index (Phi) is 3.69. The maximum Gasteiger partial charge on any atom is 0.304 e. The van der Waals surface area contributed by atoms with E-state index in [2.05, 4.69) is 0 Å². The molecule has 4 nitrogen and oxygen atoms in total. The fraction of sp³-hybridized carbons (Fsp3) is 0.889. The topological polar surface area (TPSA) is 60.8 Å². The van der Waals surface area contributed by atoms with Crippen molar-refractivity contribution in [1.82, 2.24) is 4.90 Å². The van der Waals surface area contributed by atoms with E-state index in [0.29, 0.717) is 6.54 Å². The van der Waals surface area contributed by atoms with Crippen LogP contribution in [-0.2, 0) is 4.79 Å². The normalized spacial score (nSPS) is 27.1. The Morgan fingerprint density at radius 2 is 2.38 bits per heavy atom. The second kappa shape index (κ2) is 4.58. The molecule has 1 unspecified atom stereocenters. The standard InChI is InChI=1S/C9H17NO3/c1-7(5-9(12)13)10-4-2-3-8(11)6-10/h7-8,11H,2-6H2,1H3,(H,12,13)/t7?,8-/m0/s1. The molecule has 4 heteroatoms. The molecule has 2 N–H and O–H groups in total. The third kappa shape index (κ3) is 3.32. The molecule has 76 valence electrons. The molecule has 1 aliphatic heterocycles. The summed E-state index contributed by atoms with van der Waals surface area (Å²) in [6.07, 6.45) is 1.69. The van der Waals surface area contributed by atoms with Crippen LogP contribution in [0, 0.1) is 0 Å². The summed E-state index contributed by atoms with van der Waals surface area (Å²) in [5.74, 6) is -0.771. The fourth-order valence-corrected chi connectivity index (χ4v) is 1.77. The van der Waals surface area contributed by atoms with E-state index >= 15 is 0 Å². The number of likely N-dealkylation sites (tertiary alicyclic amines) is 1. The minimum Gasteiger partial charge on any atom is -0.481 e. The maximum absolute atomic E-state index is 10.4. The summed E-state index contributed by atoms with van der Waals surface area (Å²) in [5.41, 5.74) is 0. The van der Waals surface area contributed by atoms with E-state index in [1.54, 1.807) is 0 Å². The van der Waals surface area contributed by atoms with Crippen molar-refractivity contribution in [3.8, 4) is 0 Å². The lowest BCUT2D eigenvalue weighted by Gasteiger charge is -2.34. The van der Waals surface area contributed by atoms with Gasteiger partial charge in [0.1, 0.15) is 0 Å². The predicted octanol–water partition coefficient (Wildman–Crippen LogP) is 0.306. The van der Waals surface area contributed by atoms with Crippen LogP contribution < -0.4 is 0 Å². The third-order valence-corrected chi connectivity index (χ3v) is 2.52. The van der Waals surface area contributed by atoms with Gasteiger partial charge in [0.2, 0.25) is 0 Å². The van der Waals surface area contributed by atoms with Gasteiger partial charge in [0.15, 0.2) is 0 Å². The smallest absolute Gasteiger partial charge is 0.304 e. The van der Waals surface area contributed by atoms with Gasteiger partial charge in [-0.05, 0) is 26.3 Å². The molecule has 0 aromatic carbocycles. The zero-order valence-corrected chi connectivity index (χ0v) is 7.94. The first-order valence-electron chi connectivity index (χ1n) is 4.73. The summed E-state index contributed by atoms with van der Waals surface area (Å²) in [4.78, 5) is 12.5.